The van der Waals surface area contributed by atoms with Crippen molar-refractivity contribution in [3.8, 4) is 5.75 Å². The minimum Gasteiger partial charge on any atom is -0.491 e. The third kappa shape index (κ3) is 7.60. The molecule has 0 aliphatic heterocycles. The number of amides is 1. The van der Waals surface area contributed by atoms with Gasteiger partial charge in [0.1, 0.15) is 18.5 Å². The largest absolute Gasteiger partial charge is 0.491 e. The van der Waals surface area contributed by atoms with Crippen LogP contribution >= 0.6 is 0 Å². The van der Waals surface area contributed by atoms with Gasteiger partial charge in [-0.15, -0.1) is 0 Å². The molecule has 0 spiro atoms. The Morgan fingerprint density at radius 2 is 1.84 bits per heavy atom. The number of rotatable bonds is 10. The Kier molecular flexibility index (Phi) is 8.78. The zero-order valence-electron chi connectivity index (χ0n) is 17.3. The van der Waals surface area contributed by atoms with E-state index in [1.165, 1.54) is 13.0 Å². The molecule has 0 aliphatic rings. The first-order valence-corrected chi connectivity index (χ1v) is 9.63. The van der Waals surface area contributed by atoms with Crippen LogP contribution in [0.1, 0.15) is 35.9 Å². The number of aliphatic hydroxyl groups excluding tert-OH is 1. The fraction of sp³-hybridized carbons (Fsp3) is 0.261. The molecule has 0 saturated heterocycles. The van der Waals surface area contributed by atoms with Crippen LogP contribution in [0.4, 0.5) is 10.5 Å². The number of nitrogens with one attached hydrogen (secondary N) is 1. The molecule has 3 N–H and O–H groups in total. The van der Waals surface area contributed by atoms with E-state index < -0.39 is 24.1 Å². The smallest absolute Gasteiger partial charge is 0.412 e. The summed E-state index contributed by atoms with van der Waals surface area (Å²) in [5, 5.41) is 20.5. The molecular formula is C23H25NO7. The highest BCUT2D eigenvalue weighted by Gasteiger charge is 2.23. The second-order valence-corrected chi connectivity index (χ2v) is 6.79. The fourth-order valence-corrected chi connectivity index (χ4v) is 2.81. The first-order valence-electron chi connectivity index (χ1n) is 9.63. The van der Waals surface area contributed by atoms with Crippen LogP contribution in [0.25, 0.3) is 0 Å². The molecule has 8 heteroatoms. The van der Waals surface area contributed by atoms with E-state index in [0.29, 0.717) is 22.6 Å². The van der Waals surface area contributed by atoms with Crippen molar-refractivity contribution in [3.63, 3.8) is 0 Å². The van der Waals surface area contributed by atoms with Gasteiger partial charge in [0.05, 0.1) is 6.61 Å². The number of carbonyl (C=O) groups excluding carboxylic acids is 2. The van der Waals surface area contributed by atoms with E-state index in [4.69, 9.17) is 19.7 Å². The van der Waals surface area contributed by atoms with E-state index in [1.54, 1.807) is 55.5 Å². The summed E-state index contributed by atoms with van der Waals surface area (Å²) in [6, 6.07) is 13.2. The van der Waals surface area contributed by atoms with E-state index in [-0.39, 0.29) is 19.0 Å². The number of carbonyl (C=O) groups is 3. The van der Waals surface area contributed by atoms with Crippen LogP contribution in [-0.2, 0) is 9.53 Å². The standard InChI is InChI=1S/C23H25NO7/c1-15(6-11-21(27)28)22(18-4-3-5-20(14-18)30-13-12-25)31-23(29)24-19-9-7-17(8-10-19)16(2)26/h3-11,14-15,22,25H,12-13H2,1-2H3,(H,24,29)(H,27,28)/b11-6+/t15-,22+/m1/s1. The van der Waals surface area contributed by atoms with Crippen molar-refractivity contribution in [1.82, 2.24) is 0 Å². The lowest BCUT2D eigenvalue weighted by Gasteiger charge is -2.23. The molecule has 2 rings (SSSR count). The predicted molar refractivity (Wildman–Crippen MR) is 114 cm³/mol. The number of ketones is 1. The molecule has 0 unspecified atom stereocenters. The van der Waals surface area contributed by atoms with E-state index in [0.717, 1.165) is 6.08 Å². The third-order valence-electron chi connectivity index (χ3n) is 4.34. The minimum absolute atomic E-state index is 0.0865. The van der Waals surface area contributed by atoms with Crippen molar-refractivity contribution in [1.29, 1.82) is 0 Å². The van der Waals surface area contributed by atoms with Gasteiger partial charge in [-0.25, -0.2) is 9.59 Å². The molecule has 0 aliphatic carbocycles. The highest BCUT2D eigenvalue weighted by Crippen LogP contribution is 2.30. The molecule has 0 bridgehead atoms. The number of hydrogen-bond donors (Lipinski definition) is 3. The van der Waals surface area contributed by atoms with Gasteiger partial charge in [-0.2, -0.15) is 0 Å². The number of ether oxygens (including phenoxy) is 2. The lowest BCUT2D eigenvalue weighted by Crippen LogP contribution is -2.21. The van der Waals surface area contributed by atoms with Gasteiger partial charge in [-0.05, 0) is 48.9 Å². The third-order valence-corrected chi connectivity index (χ3v) is 4.34. The quantitative estimate of drug-likeness (QED) is 0.389. The Labute approximate surface area is 180 Å². The van der Waals surface area contributed by atoms with Gasteiger partial charge in [0.2, 0.25) is 0 Å². The molecule has 0 aromatic heterocycles. The maximum Gasteiger partial charge on any atom is 0.412 e. The molecular weight excluding hydrogens is 402 g/mol. The summed E-state index contributed by atoms with van der Waals surface area (Å²) in [6.07, 6.45) is 0.886. The summed E-state index contributed by atoms with van der Waals surface area (Å²) in [5.41, 5.74) is 1.56. The Bertz CT molecular complexity index is 937. The number of carboxylic acids is 1. The SMILES string of the molecule is CC(=O)c1ccc(NC(=O)O[C@H](c2cccc(OCCO)c2)[C@H](C)/C=C/C(=O)O)cc1. The second-order valence-electron chi connectivity index (χ2n) is 6.79. The van der Waals surface area contributed by atoms with Crippen LogP contribution in [0.3, 0.4) is 0 Å². The first-order chi connectivity index (χ1) is 14.8. The average molecular weight is 427 g/mol. The van der Waals surface area contributed by atoms with Crippen molar-refractivity contribution < 1.29 is 34.1 Å². The highest BCUT2D eigenvalue weighted by molar-refractivity contribution is 5.95. The lowest BCUT2D eigenvalue weighted by atomic mass is 9.96. The molecule has 0 fully saturated rings. The van der Waals surface area contributed by atoms with Crippen LogP contribution in [0, 0.1) is 5.92 Å². The summed E-state index contributed by atoms with van der Waals surface area (Å²) >= 11 is 0. The second kappa shape index (κ2) is 11.5. The van der Waals surface area contributed by atoms with Crippen molar-refractivity contribution in [2.75, 3.05) is 18.5 Å². The number of Topliss-reactive ketones (excluding diaryl/α,β-unsaturated/α-hetero) is 1. The molecule has 2 aromatic carbocycles. The molecule has 2 atom stereocenters. The van der Waals surface area contributed by atoms with Gasteiger partial charge >= 0.3 is 12.1 Å². The molecule has 31 heavy (non-hydrogen) atoms. The molecule has 2 aromatic rings. The van der Waals surface area contributed by atoms with E-state index in [2.05, 4.69) is 5.32 Å². The Morgan fingerprint density at radius 1 is 1.13 bits per heavy atom. The van der Waals surface area contributed by atoms with Gasteiger partial charge < -0.3 is 19.7 Å². The number of aliphatic carboxylic acids is 1. The summed E-state index contributed by atoms with van der Waals surface area (Å²) < 4.78 is 11.0. The Morgan fingerprint density at radius 3 is 2.45 bits per heavy atom. The van der Waals surface area contributed by atoms with E-state index in [1.807, 2.05) is 0 Å². The van der Waals surface area contributed by atoms with E-state index >= 15 is 0 Å². The van der Waals surface area contributed by atoms with Crippen molar-refractivity contribution in [2.45, 2.75) is 20.0 Å². The summed E-state index contributed by atoms with van der Waals surface area (Å²) in [7, 11) is 0. The van der Waals surface area contributed by atoms with Gasteiger partial charge in [-0.3, -0.25) is 10.1 Å². The lowest BCUT2D eigenvalue weighted by molar-refractivity contribution is -0.131. The summed E-state index contributed by atoms with van der Waals surface area (Å²) in [5.74, 6) is -1.18. The van der Waals surface area contributed by atoms with Gasteiger partial charge in [0.15, 0.2) is 5.78 Å². The molecule has 1 amide bonds. The summed E-state index contributed by atoms with van der Waals surface area (Å²) in [4.78, 5) is 34.8. The molecule has 0 saturated carbocycles. The van der Waals surface area contributed by atoms with Gasteiger partial charge in [0.25, 0.3) is 0 Å². The minimum atomic E-state index is -1.11. The van der Waals surface area contributed by atoms with Crippen LogP contribution < -0.4 is 10.1 Å². The Hall–Kier alpha value is -3.65. The maximum absolute atomic E-state index is 12.5. The average Bonchev–Trinajstić information content (AvgIpc) is 2.75. The van der Waals surface area contributed by atoms with Crippen LogP contribution in [-0.4, -0.2) is 41.3 Å². The van der Waals surface area contributed by atoms with E-state index in [9.17, 15) is 14.4 Å². The van der Waals surface area contributed by atoms with Gasteiger partial charge in [0, 0.05) is 23.2 Å². The monoisotopic (exact) mass is 427 g/mol. The molecule has 164 valence electrons. The van der Waals surface area contributed by atoms with Crippen LogP contribution in [0.5, 0.6) is 5.75 Å². The molecule has 8 nitrogen and oxygen atoms in total. The summed E-state index contributed by atoms with van der Waals surface area (Å²) in [6.45, 7) is 3.14. The Balaban J connectivity index is 2.20. The normalized spacial score (nSPS) is 12.7. The van der Waals surface area contributed by atoms with Crippen LogP contribution in [0.15, 0.2) is 60.7 Å². The fourth-order valence-electron chi connectivity index (χ4n) is 2.81. The molecule has 0 radical (unpaired) electrons. The number of carboxylic acid groups (broad SMARTS) is 1. The number of anilines is 1. The molecule has 0 heterocycles. The maximum atomic E-state index is 12.5. The van der Waals surface area contributed by atoms with Crippen molar-refractivity contribution >= 4 is 23.5 Å². The zero-order valence-corrected chi connectivity index (χ0v) is 17.3. The number of hydrogen-bond acceptors (Lipinski definition) is 6. The number of benzene rings is 2. The zero-order chi connectivity index (χ0) is 22.8. The predicted octanol–water partition coefficient (Wildman–Crippen LogP) is 3.83. The topological polar surface area (TPSA) is 122 Å². The first kappa shape index (κ1) is 23.6. The van der Waals surface area contributed by atoms with Gasteiger partial charge in [-0.1, -0.05) is 25.1 Å². The number of aliphatic hydroxyl groups is 1. The van der Waals surface area contributed by atoms with Crippen LogP contribution in [0.2, 0.25) is 0 Å². The van der Waals surface area contributed by atoms with Crippen molar-refractivity contribution in [2.24, 2.45) is 5.92 Å². The van der Waals surface area contributed by atoms with Crippen molar-refractivity contribution in [3.05, 3.63) is 71.8 Å². The highest BCUT2D eigenvalue weighted by atomic mass is 16.6.